The zero-order chi connectivity index (χ0) is 14.4. The summed E-state index contributed by atoms with van der Waals surface area (Å²) < 4.78 is 0. The molecule has 2 rings (SSSR count). The summed E-state index contributed by atoms with van der Waals surface area (Å²) in [6, 6.07) is 11.1. The molecule has 0 spiro atoms. The summed E-state index contributed by atoms with van der Waals surface area (Å²) in [5.41, 5.74) is 2.40. The summed E-state index contributed by atoms with van der Waals surface area (Å²) in [5, 5.41) is 1.21. The average molecular weight is 291 g/mol. The maximum absolute atomic E-state index is 5.98. The number of rotatable bonds is 7. The zero-order valence-electron chi connectivity index (χ0n) is 12.3. The molecule has 2 aromatic rings. The Morgan fingerprint density at radius 3 is 2.60 bits per heavy atom. The topological polar surface area (TPSA) is 16.1 Å². The smallest absolute Gasteiger partial charge is 0.0746 e. The Labute approximate surface area is 126 Å². The van der Waals surface area contributed by atoms with Crippen molar-refractivity contribution >= 4 is 22.5 Å². The van der Waals surface area contributed by atoms with Crippen molar-refractivity contribution in [1.29, 1.82) is 0 Å². The number of nitrogens with zero attached hydrogens (tertiary/aromatic N) is 2. The van der Waals surface area contributed by atoms with Gasteiger partial charge in [0, 0.05) is 36.6 Å². The molecule has 3 heteroatoms. The van der Waals surface area contributed by atoms with Crippen molar-refractivity contribution in [3.05, 3.63) is 42.1 Å². The molecule has 0 unspecified atom stereocenters. The van der Waals surface area contributed by atoms with Crippen molar-refractivity contribution < 1.29 is 0 Å². The molecule has 1 aromatic carbocycles. The Kier molecular flexibility index (Phi) is 5.81. The molecule has 0 saturated heterocycles. The number of para-hydroxylation sites is 1. The first-order chi connectivity index (χ1) is 9.80. The van der Waals surface area contributed by atoms with E-state index < -0.39 is 0 Å². The predicted molar refractivity (Wildman–Crippen MR) is 87.2 cm³/mol. The van der Waals surface area contributed by atoms with Crippen molar-refractivity contribution in [1.82, 2.24) is 9.88 Å². The number of hydrogen-bond donors (Lipinski definition) is 0. The van der Waals surface area contributed by atoms with Gasteiger partial charge in [0.1, 0.15) is 0 Å². The molecule has 20 heavy (non-hydrogen) atoms. The van der Waals surface area contributed by atoms with Crippen LogP contribution in [0.2, 0.25) is 0 Å². The zero-order valence-corrected chi connectivity index (χ0v) is 13.1. The van der Waals surface area contributed by atoms with E-state index in [2.05, 4.69) is 48.0 Å². The number of benzene rings is 1. The minimum absolute atomic E-state index is 0.590. The Balaban J connectivity index is 2.28. The molecule has 0 aliphatic carbocycles. The molecule has 0 radical (unpaired) electrons. The second-order valence-electron chi connectivity index (χ2n) is 5.12. The first-order valence-electron chi connectivity index (χ1n) is 7.42. The largest absolute Gasteiger partial charge is 0.295 e. The van der Waals surface area contributed by atoms with Crippen LogP contribution in [0, 0.1) is 0 Å². The van der Waals surface area contributed by atoms with Gasteiger partial charge in [-0.15, -0.1) is 11.6 Å². The number of hydrogen-bond acceptors (Lipinski definition) is 2. The van der Waals surface area contributed by atoms with Crippen LogP contribution in [-0.2, 0) is 6.54 Å². The SMILES string of the molecule is CCC(CC)N(CCCl)Cc1cccc2cccnc12. The number of pyridine rings is 1. The van der Waals surface area contributed by atoms with Crippen LogP contribution >= 0.6 is 11.6 Å². The molecule has 0 amide bonds. The Morgan fingerprint density at radius 2 is 1.90 bits per heavy atom. The van der Waals surface area contributed by atoms with Crippen LogP contribution < -0.4 is 0 Å². The highest BCUT2D eigenvalue weighted by molar-refractivity contribution is 6.18. The van der Waals surface area contributed by atoms with Gasteiger partial charge in [-0.3, -0.25) is 9.88 Å². The van der Waals surface area contributed by atoms with Gasteiger partial charge < -0.3 is 0 Å². The monoisotopic (exact) mass is 290 g/mol. The van der Waals surface area contributed by atoms with E-state index >= 15 is 0 Å². The van der Waals surface area contributed by atoms with Crippen molar-refractivity contribution in [2.24, 2.45) is 0 Å². The molecule has 0 atom stereocenters. The number of fused-ring (bicyclic) bond motifs is 1. The normalized spacial score (nSPS) is 11.7. The van der Waals surface area contributed by atoms with Crippen LogP contribution in [-0.4, -0.2) is 28.4 Å². The Morgan fingerprint density at radius 1 is 1.15 bits per heavy atom. The molecule has 1 aromatic heterocycles. The van der Waals surface area contributed by atoms with E-state index in [1.807, 2.05) is 12.3 Å². The first-order valence-corrected chi connectivity index (χ1v) is 7.96. The summed E-state index contributed by atoms with van der Waals surface area (Å²) >= 11 is 5.98. The fraction of sp³-hybridized carbons (Fsp3) is 0.471. The average Bonchev–Trinajstić information content (AvgIpc) is 2.49. The lowest BCUT2D eigenvalue weighted by Gasteiger charge is -2.30. The second-order valence-corrected chi connectivity index (χ2v) is 5.50. The lowest BCUT2D eigenvalue weighted by molar-refractivity contribution is 0.189. The van der Waals surface area contributed by atoms with Crippen LogP contribution in [0.4, 0.5) is 0 Å². The third kappa shape index (κ3) is 3.50. The highest BCUT2D eigenvalue weighted by atomic mass is 35.5. The third-order valence-electron chi connectivity index (χ3n) is 3.92. The molecule has 0 N–H and O–H groups in total. The van der Waals surface area contributed by atoms with Gasteiger partial charge in [-0.1, -0.05) is 38.1 Å². The fourth-order valence-corrected chi connectivity index (χ4v) is 3.04. The summed E-state index contributed by atoms with van der Waals surface area (Å²) in [6.45, 7) is 6.35. The van der Waals surface area contributed by atoms with Crippen LogP contribution in [0.1, 0.15) is 32.3 Å². The maximum Gasteiger partial charge on any atom is 0.0746 e. The molecule has 0 bridgehead atoms. The van der Waals surface area contributed by atoms with E-state index in [0.29, 0.717) is 11.9 Å². The van der Waals surface area contributed by atoms with Gasteiger partial charge in [0.2, 0.25) is 0 Å². The third-order valence-corrected chi connectivity index (χ3v) is 4.09. The summed E-state index contributed by atoms with van der Waals surface area (Å²) in [4.78, 5) is 7.03. The van der Waals surface area contributed by atoms with Gasteiger partial charge in [-0.05, 0) is 24.5 Å². The first kappa shape index (κ1) is 15.3. The summed E-state index contributed by atoms with van der Waals surface area (Å²) in [6.07, 6.45) is 4.19. The van der Waals surface area contributed by atoms with E-state index in [1.165, 1.54) is 10.9 Å². The lowest BCUT2D eigenvalue weighted by Crippen LogP contribution is -2.35. The van der Waals surface area contributed by atoms with E-state index in [1.54, 1.807) is 0 Å². The van der Waals surface area contributed by atoms with Crippen LogP contribution in [0.3, 0.4) is 0 Å². The van der Waals surface area contributed by atoms with Gasteiger partial charge in [-0.2, -0.15) is 0 Å². The quantitative estimate of drug-likeness (QED) is 0.700. The standard InChI is InChI=1S/C17H23ClN2/c1-3-16(4-2)20(12-10-18)13-15-8-5-7-14-9-6-11-19-17(14)15/h5-9,11,16H,3-4,10,12-13H2,1-2H3. The maximum atomic E-state index is 5.98. The Hall–Kier alpha value is -1.12. The number of aromatic nitrogens is 1. The molecule has 1 heterocycles. The van der Waals surface area contributed by atoms with Gasteiger partial charge in [0.15, 0.2) is 0 Å². The van der Waals surface area contributed by atoms with Crippen LogP contribution in [0.25, 0.3) is 10.9 Å². The van der Waals surface area contributed by atoms with E-state index in [-0.39, 0.29) is 0 Å². The highest BCUT2D eigenvalue weighted by Crippen LogP contribution is 2.20. The fourth-order valence-electron chi connectivity index (χ4n) is 2.82. The van der Waals surface area contributed by atoms with Crippen LogP contribution in [0.15, 0.2) is 36.5 Å². The van der Waals surface area contributed by atoms with E-state index in [4.69, 9.17) is 11.6 Å². The van der Waals surface area contributed by atoms with Crippen molar-refractivity contribution in [3.63, 3.8) is 0 Å². The van der Waals surface area contributed by atoms with Gasteiger partial charge >= 0.3 is 0 Å². The molecule has 0 fully saturated rings. The molecular weight excluding hydrogens is 268 g/mol. The second kappa shape index (κ2) is 7.61. The predicted octanol–water partition coefficient (Wildman–Crippen LogP) is 4.46. The van der Waals surface area contributed by atoms with Crippen molar-refractivity contribution in [2.45, 2.75) is 39.3 Å². The van der Waals surface area contributed by atoms with Crippen LogP contribution in [0.5, 0.6) is 0 Å². The van der Waals surface area contributed by atoms with Crippen molar-refractivity contribution in [2.75, 3.05) is 12.4 Å². The van der Waals surface area contributed by atoms with Gasteiger partial charge in [-0.25, -0.2) is 0 Å². The van der Waals surface area contributed by atoms with E-state index in [0.717, 1.165) is 31.4 Å². The molecule has 0 aliphatic rings. The Bertz CT molecular complexity index is 532. The van der Waals surface area contributed by atoms with E-state index in [9.17, 15) is 0 Å². The number of halogens is 1. The molecule has 0 aliphatic heterocycles. The highest BCUT2D eigenvalue weighted by Gasteiger charge is 2.16. The molecule has 108 valence electrons. The van der Waals surface area contributed by atoms with Gasteiger partial charge in [0.25, 0.3) is 0 Å². The summed E-state index contributed by atoms with van der Waals surface area (Å²) in [7, 11) is 0. The molecular formula is C17H23ClN2. The molecule has 2 nitrogen and oxygen atoms in total. The minimum atomic E-state index is 0.590. The summed E-state index contributed by atoms with van der Waals surface area (Å²) in [5.74, 6) is 0.675. The van der Waals surface area contributed by atoms with Gasteiger partial charge in [0.05, 0.1) is 5.52 Å². The van der Waals surface area contributed by atoms with Crippen molar-refractivity contribution in [3.8, 4) is 0 Å². The number of alkyl halides is 1. The molecule has 0 saturated carbocycles. The minimum Gasteiger partial charge on any atom is -0.295 e. The lowest BCUT2D eigenvalue weighted by atomic mass is 10.1.